The normalized spacial score (nSPS) is 19.6. The van der Waals surface area contributed by atoms with E-state index in [-0.39, 0.29) is 0 Å². The third-order valence-corrected chi connectivity index (χ3v) is 7.59. The molecule has 4 aromatic rings. The van der Waals surface area contributed by atoms with Crippen molar-refractivity contribution in [2.24, 2.45) is 10.9 Å². The van der Waals surface area contributed by atoms with E-state index in [0.29, 0.717) is 30.2 Å². The van der Waals surface area contributed by atoms with Gasteiger partial charge in [-0.05, 0) is 77.9 Å². The molecule has 1 aliphatic heterocycles. The first-order valence-corrected chi connectivity index (χ1v) is 13.2. The Bertz CT molecular complexity index is 1470. The average molecular weight is 501 g/mol. The van der Waals surface area contributed by atoms with Crippen molar-refractivity contribution in [3.05, 3.63) is 131 Å². The number of allylic oxidation sites excluding steroid dienone is 2. The van der Waals surface area contributed by atoms with Gasteiger partial charge < -0.3 is 14.8 Å². The van der Waals surface area contributed by atoms with Crippen LogP contribution in [0.25, 0.3) is 0 Å². The Kier molecular flexibility index (Phi) is 6.70. The Morgan fingerprint density at radius 1 is 0.921 bits per heavy atom. The summed E-state index contributed by atoms with van der Waals surface area (Å²) in [7, 11) is 1.66. The van der Waals surface area contributed by atoms with E-state index in [1.165, 1.54) is 22.4 Å². The molecule has 38 heavy (non-hydrogen) atoms. The molecule has 4 aromatic carbocycles. The number of hydrogen-bond acceptors (Lipinski definition) is 4. The molecule has 4 nitrogen and oxygen atoms in total. The highest BCUT2D eigenvalue weighted by molar-refractivity contribution is 5.83. The topological polar surface area (TPSA) is 42.8 Å². The largest absolute Gasteiger partial charge is 0.493 e. The second-order valence-corrected chi connectivity index (χ2v) is 10.1. The highest BCUT2D eigenvalue weighted by Crippen LogP contribution is 2.49. The van der Waals surface area contributed by atoms with E-state index in [9.17, 15) is 0 Å². The lowest BCUT2D eigenvalue weighted by Gasteiger charge is -2.37. The summed E-state index contributed by atoms with van der Waals surface area (Å²) in [5, 5.41) is 3.80. The Morgan fingerprint density at radius 3 is 2.55 bits per heavy atom. The summed E-state index contributed by atoms with van der Waals surface area (Å²) in [5.74, 6) is 2.43. The SMILES string of the molecule is COc1cc(C=Nc2ccc([C@@H]3Nc4ccccc4[C@@H]4C=CC[C@H]43)cc2)ccc1OCc1ccc(C)cc1. The Morgan fingerprint density at radius 2 is 1.74 bits per heavy atom. The van der Waals surface area contributed by atoms with Gasteiger partial charge in [0, 0.05) is 17.8 Å². The van der Waals surface area contributed by atoms with Crippen molar-refractivity contribution < 1.29 is 9.47 Å². The van der Waals surface area contributed by atoms with Gasteiger partial charge in [-0.15, -0.1) is 0 Å². The fourth-order valence-electron chi connectivity index (χ4n) is 5.52. The molecule has 0 amide bonds. The van der Waals surface area contributed by atoms with Crippen LogP contribution in [0, 0.1) is 12.8 Å². The van der Waals surface area contributed by atoms with E-state index >= 15 is 0 Å². The molecule has 0 aromatic heterocycles. The van der Waals surface area contributed by atoms with Crippen LogP contribution in [0.2, 0.25) is 0 Å². The summed E-state index contributed by atoms with van der Waals surface area (Å²) >= 11 is 0. The van der Waals surface area contributed by atoms with Crippen molar-refractivity contribution in [3.8, 4) is 11.5 Å². The van der Waals surface area contributed by atoms with Gasteiger partial charge in [0.15, 0.2) is 11.5 Å². The third-order valence-electron chi connectivity index (χ3n) is 7.59. The highest BCUT2D eigenvalue weighted by atomic mass is 16.5. The smallest absolute Gasteiger partial charge is 0.161 e. The summed E-state index contributed by atoms with van der Waals surface area (Å²) < 4.78 is 11.6. The van der Waals surface area contributed by atoms with Crippen molar-refractivity contribution >= 4 is 17.6 Å². The lowest BCUT2D eigenvalue weighted by atomic mass is 9.77. The molecule has 0 bridgehead atoms. The third kappa shape index (κ3) is 4.95. The van der Waals surface area contributed by atoms with Crippen molar-refractivity contribution in [1.82, 2.24) is 0 Å². The van der Waals surface area contributed by atoms with Crippen LogP contribution in [-0.2, 0) is 6.61 Å². The molecule has 3 atom stereocenters. The maximum atomic E-state index is 6.01. The van der Waals surface area contributed by atoms with E-state index in [4.69, 9.17) is 14.5 Å². The Balaban J connectivity index is 1.14. The summed E-state index contributed by atoms with van der Waals surface area (Å²) in [4.78, 5) is 4.72. The second-order valence-electron chi connectivity index (χ2n) is 10.1. The number of rotatable bonds is 7. The minimum atomic E-state index is 0.291. The predicted octanol–water partition coefficient (Wildman–Crippen LogP) is 8.16. The number of anilines is 1. The van der Waals surface area contributed by atoms with Gasteiger partial charge in [-0.1, -0.05) is 72.3 Å². The zero-order valence-corrected chi connectivity index (χ0v) is 21.8. The van der Waals surface area contributed by atoms with Crippen LogP contribution in [0.15, 0.2) is 108 Å². The molecular weight excluding hydrogens is 468 g/mol. The lowest BCUT2D eigenvalue weighted by molar-refractivity contribution is 0.284. The molecular formula is C34H32N2O2. The average Bonchev–Trinajstić information content (AvgIpc) is 3.46. The maximum Gasteiger partial charge on any atom is 0.161 e. The van der Waals surface area contributed by atoms with E-state index in [1.54, 1.807) is 7.11 Å². The van der Waals surface area contributed by atoms with Crippen LogP contribution in [-0.4, -0.2) is 13.3 Å². The molecule has 0 fully saturated rings. The molecule has 4 heteroatoms. The molecule has 0 spiro atoms. The summed E-state index contributed by atoms with van der Waals surface area (Å²) in [5.41, 5.74) is 8.19. The second kappa shape index (κ2) is 10.6. The van der Waals surface area contributed by atoms with Gasteiger partial charge in [0.25, 0.3) is 0 Å². The molecule has 0 saturated heterocycles. The zero-order chi connectivity index (χ0) is 25.9. The van der Waals surface area contributed by atoms with Crippen LogP contribution < -0.4 is 14.8 Å². The van der Waals surface area contributed by atoms with Crippen LogP contribution in [0.4, 0.5) is 11.4 Å². The number of aliphatic imine (C=N–C) groups is 1. The number of benzene rings is 4. The van der Waals surface area contributed by atoms with Gasteiger partial charge in [-0.25, -0.2) is 0 Å². The number of nitrogens with zero attached hydrogens (tertiary/aromatic N) is 1. The minimum absolute atomic E-state index is 0.291. The van der Waals surface area contributed by atoms with E-state index in [0.717, 1.165) is 29.0 Å². The van der Waals surface area contributed by atoms with Crippen LogP contribution in [0.5, 0.6) is 11.5 Å². The Labute approximate surface area is 224 Å². The van der Waals surface area contributed by atoms with E-state index < -0.39 is 0 Å². The van der Waals surface area contributed by atoms with Crippen molar-refractivity contribution in [3.63, 3.8) is 0 Å². The van der Waals surface area contributed by atoms with Crippen molar-refractivity contribution in [2.45, 2.75) is 31.9 Å². The monoisotopic (exact) mass is 500 g/mol. The summed E-state index contributed by atoms with van der Waals surface area (Å²) in [6, 6.07) is 31.8. The van der Waals surface area contributed by atoms with Gasteiger partial charge in [-0.3, -0.25) is 4.99 Å². The molecule has 0 saturated carbocycles. The van der Waals surface area contributed by atoms with Crippen molar-refractivity contribution in [2.75, 3.05) is 12.4 Å². The molecule has 1 heterocycles. The number of nitrogens with one attached hydrogen (secondary N) is 1. The molecule has 1 N–H and O–H groups in total. The highest BCUT2D eigenvalue weighted by Gasteiger charge is 2.37. The fourth-order valence-corrected chi connectivity index (χ4v) is 5.52. The summed E-state index contributed by atoms with van der Waals surface area (Å²) in [6.45, 7) is 2.58. The molecule has 190 valence electrons. The Hall–Kier alpha value is -4.31. The predicted molar refractivity (Wildman–Crippen MR) is 155 cm³/mol. The van der Waals surface area contributed by atoms with Crippen molar-refractivity contribution in [1.29, 1.82) is 0 Å². The molecule has 0 unspecified atom stereocenters. The summed E-state index contributed by atoms with van der Waals surface area (Å²) in [6.07, 6.45) is 7.68. The van der Waals surface area contributed by atoms with Gasteiger partial charge in [0.2, 0.25) is 0 Å². The first kappa shape index (κ1) is 24.1. The van der Waals surface area contributed by atoms with E-state index in [2.05, 4.69) is 97.2 Å². The zero-order valence-electron chi connectivity index (χ0n) is 21.8. The van der Waals surface area contributed by atoms with Crippen LogP contribution in [0.1, 0.15) is 46.2 Å². The van der Waals surface area contributed by atoms with Gasteiger partial charge in [0.05, 0.1) is 18.8 Å². The minimum Gasteiger partial charge on any atom is -0.493 e. The number of fused-ring (bicyclic) bond motifs is 3. The number of para-hydroxylation sites is 1. The van der Waals surface area contributed by atoms with Gasteiger partial charge in [-0.2, -0.15) is 0 Å². The molecule has 1 aliphatic carbocycles. The van der Waals surface area contributed by atoms with Gasteiger partial charge in [0.1, 0.15) is 6.61 Å². The molecule has 2 aliphatic rings. The van der Waals surface area contributed by atoms with Gasteiger partial charge >= 0.3 is 0 Å². The van der Waals surface area contributed by atoms with Crippen LogP contribution >= 0.6 is 0 Å². The number of ether oxygens (including phenoxy) is 2. The fraction of sp³-hybridized carbons (Fsp3) is 0.206. The lowest BCUT2D eigenvalue weighted by Crippen LogP contribution is -2.28. The standard InChI is InChI=1S/C34H32N2O2/c1-23-10-12-24(13-11-23)22-38-32-19-14-25(20-33(32)37-2)21-35-27-17-15-26(16-18-27)34-30-8-5-7-28(30)29-6-3-4-9-31(29)36-34/h3-7,9-21,28,30,34,36H,8,22H2,1-2H3/t28-,30+,34-/m0/s1. The quantitative estimate of drug-likeness (QED) is 0.206. The number of aryl methyl sites for hydroxylation is 1. The first-order chi connectivity index (χ1) is 18.7. The first-order valence-electron chi connectivity index (χ1n) is 13.2. The number of methoxy groups -OCH3 is 1. The van der Waals surface area contributed by atoms with Crippen LogP contribution in [0.3, 0.4) is 0 Å². The van der Waals surface area contributed by atoms with E-state index in [1.807, 2.05) is 24.4 Å². The molecule has 6 rings (SSSR count). The maximum absolute atomic E-state index is 6.01. The number of hydrogen-bond donors (Lipinski definition) is 1. The molecule has 0 radical (unpaired) electrons.